The molecule has 0 aliphatic carbocycles. The summed E-state index contributed by atoms with van der Waals surface area (Å²) < 4.78 is 0. The molecule has 0 saturated heterocycles. The molecule has 0 radical (unpaired) electrons. The average molecular weight is 224 g/mol. The highest BCUT2D eigenvalue weighted by Gasteiger charge is 2.17. The summed E-state index contributed by atoms with van der Waals surface area (Å²) in [6, 6.07) is 11.3. The van der Waals surface area contributed by atoms with E-state index < -0.39 is 0 Å². The highest BCUT2D eigenvalue weighted by Crippen LogP contribution is 2.29. The second-order valence-electron chi connectivity index (χ2n) is 4.67. The van der Waals surface area contributed by atoms with Gasteiger partial charge in [-0.15, -0.1) is 0 Å². The first kappa shape index (κ1) is 10.5. The molecule has 0 amide bonds. The van der Waals surface area contributed by atoms with E-state index in [0.29, 0.717) is 6.04 Å². The Morgan fingerprint density at radius 1 is 1.18 bits per heavy atom. The van der Waals surface area contributed by atoms with Crippen molar-refractivity contribution in [2.24, 2.45) is 0 Å². The maximum Gasteiger partial charge on any atom is 0.0273 e. The van der Waals surface area contributed by atoms with Crippen LogP contribution in [-0.2, 0) is 13.0 Å². The normalized spacial score (nSPS) is 18.8. The van der Waals surface area contributed by atoms with Gasteiger partial charge in [0.25, 0.3) is 0 Å². The predicted octanol–water partition coefficient (Wildman–Crippen LogP) is 2.78. The molecule has 2 nitrogen and oxygen atoms in total. The minimum atomic E-state index is 0.561. The first-order valence-corrected chi connectivity index (χ1v) is 6.09. The van der Waals surface area contributed by atoms with E-state index in [1.807, 2.05) is 12.4 Å². The summed E-state index contributed by atoms with van der Waals surface area (Å²) in [5.41, 5.74) is 5.55. The van der Waals surface area contributed by atoms with E-state index in [1.165, 1.54) is 22.3 Å². The number of fused-ring (bicyclic) bond motifs is 1. The molecule has 2 aromatic rings. The van der Waals surface area contributed by atoms with Gasteiger partial charge in [0.1, 0.15) is 0 Å². The van der Waals surface area contributed by atoms with E-state index in [0.717, 1.165) is 13.0 Å². The Labute approximate surface area is 102 Å². The maximum atomic E-state index is 4.09. The van der Waals surface area contributed by atoms with Crippen LogP contribution in [0, 0.1) is 0 Å². The molecule has 1 N–H and O–H groups in total. The molecule has 3 rings (SSSR count). The summed E-state index contributed by atoms with van der Waals surface area (Å²) in [5, 5.41) is 3.50. The topological polar surface area (TPSA) is 24.9 Å². The minimum Gasteiger partial charge on any atom is -0.310 e. The Balaban J connectivity index is 2.12. The van der Waals surface area contributed by atoms with Gasteiger partial charge in [-0.25, -0.2) is 0 Å². The van der Waals surface area contributed by atoms with Crippen molar-refractivity contribution in [3.05, 3.63) is 53.9 Å². The Morgan fingerprint density at radius 3 is 2.82 bits per heavy atom. The summed E-state index contributed by atoms with van der Waals surface area (Å²) in [6.45, 7) is 3.22. The number of benzene rings is 1. The van der Waals surface area contributed by atoms with E-state index in [4.69, 9.17) is 0 Å². The minimum absolute atomic E-state index is 0.561. The van der Waals surface area contributed by atoms with Crippen molar-refractivity contribution in [2.75, 3.05) is 0 Å². The number of aromatic nitrogens is 1. The number of pyridine rings is 1. The van der Waals surface area contributed by atoms with E-state index in [1.54, 1.807) is 0 Å². The zero-order chi connectivity index (χ0) is 11.7. The van der Waals surface area contributed by atoms with Gasteiger partial charge in [0.15, 0.2) is 0 Å². The van der Waals surface area contributed by atoms with Gasteiger partial charge in [-0.3, -0.25) is 4.98 Å². The van der Waals surface area contributed by atoms with Gasteiger partial charge in [0.2, 0.25) is 0 Å². The zero-order valence-electron chi connectivity index (χ0n) is 9.98. The standard InChI is InChI=1S/C15H16N2/c1-11-9-15-13(10-17-11)3-2-4-14(15)12-5-7-16-8-6-12/h2-8,11,17H,9-10H2,1H3. The fourth-order valence-corrected chi connectivity index (χ4v) is 2.51. The van der Waals surface area contributed by atoms with Gasteiger partial charge >= 0.3 is 0 Å². The third-order valence-electron chi connectivity index (χ3n) is 3.42. The highest BCUT2D eigenvalue weighted by molar-refractivity contribution is 5.68. The summed E-state index contributed by atoms with van der Waals surface area (Å²) >= 11 is 0. The highest BCUT2D eigenvalue weighted by atomic mass is 14.9. The van der Waals surface area contributed by atoms with Crippen molar-refractivity contribution in [1.82, 2.24) is 10.3 Å². The molecule has 1 aliphatic heterocycles. The third-order valence-corrected chi connectivity index (χ3v) is 3.42. The molecule has 86 valence electrons. The molecule has 0 fully saturated rings. The SMILES string of the molecule is CC1Cc2c(cccc2-c2ccncc2)CN1. The first-order valence-electron chi connectivity index (χ1n) is 6.09. The summed E-state index contributed by atoms with van der Waals surface area (Å²) in [7, 11) is 0. The number of nitrogens with zero attached hydrogens (tertiary/aromatic N) is 1. The molecular formula is C15H16N2. The Kier molecular flexibility index (Phi) is 2.65. The van der Waals surface area contributed by atoms with Gasteiger partial charge in [-0.1, -0.05) is 18.2 Å². The van der Waals surface area contributed by atoms with Crippen LogP contribution in [-0.4, -0.2) is 11.0 Å². The lowest BCUT2D eigenvalue weighted by Gasteiger charge is -2.25. The molecule has 1 aromatic carbocycles. The molecular weight excluding hydrogens is 208 g/mol. The summed E-state index contributed by atoms with van der Waals surface area (Å²) in [4.78, 5) is 4.09. The van der Waals surface area contributed by atoms with Crippen molar-refractivity contribution >= 4 is 0 Å². The second kappa shape index (κ2) is 4.30. The smallest absolute Gasteiger partial charge is 0.0273 e. The van der Waals surface area contributed by atoms with Crippen LogP contribution in [0.3, 0.4) is 0 Å². The zero-order valence-corrected chi connectivity index (χ0v) is 9.98. The average Bonchev–Trinajstić information content (AvgIpc) is 2.39. The first-order chi connectivity index (χ1) is 8.34. The number of nitrogens with one attached hydrogen (secondary N) is 1. The lowest BCUT2D eigenvalue weighted by Crippen LogP contribution is -2.33. The van der Waals surface area contributed by atoms with E-state index >= 15 is 0 Å². The van der Waals surface area contributed by atoms with E-state index in [2.05, 4.69) is 47.6 Å². The van der Waals surface area contributed by atoms with Gasteiger partial charge in [-0.2, -0.15) is 0 Å². The molecule has 2 heteroatoms. The summed E-state index contributed by atoms with van der Waals surface area (Å²) in [5.74, 6) is 0. The van der Waals surface area contributed by atoms with Crippen LogP contribution in [0.25, 0.3) is 11.1 Å². The summed E-state index contributed by atoms with van der Waals surface area (Å²) in [6.07, 6.45) is 4.83. The maximum absolute atomic E-state index is 4.09. The lowest BCUT2D eigenvalue weighted by molar-refractivity contribution is 0.514. The number of rotatable bonds is 1. The van der Waals surface area contributed by atoms with Crippen molar-refractivity contribution in [1.29, 1.82) is 0 Å². The monoisotopic (exact) mass is 224 g/mol. The Bertz CT molecular complexity index is 520. The van der Waals surface area contributed by atoms with Crippen LogP contribution in [0.4, 0.5) is 0 Å². The van der Waals surface area contributed by atoms with Crippen molar-refractivity contribution in [2.45, 2.75) is 25.9 Å². The predicted molar refractivity (Wildman–Crippen MR) is 69.7 cm³/mol. The molecule has 1 aromatic heterocycles. The lowest BCUT2D eigenvalue weighted by atomic mass is 9.89. The Hall–Kier alpha value is -1.67. The number of hydrogen-bond donors (Lipinski definition) is 1. The molecule has 17 heavy (non-hydrogen) atoms. The number of hydrogen-bond acceptors (Lipinski definition) is 2. The third kappa shape index (κ3) is 1.96. The molecule has 0 spiro atoms. The van der Waals surface area contributed by atoms with Crippen LogP contribution in [0.1, 0.15) is 18.1 Å². The quantitative estimate of drug-likeness (QED) is 0.805. The van der Waals surface area contributed by atoms with Gasteiger partial charge in [-0.05, 0) is 47.7 Å². The van der Waals surface area contributed by atoms with E-state index in [-0.39, 0.29) is 0 Å². The largest absolute Gasteiger partial charge is 0.310 e. The van der Waals surface area contributed by atoms with Crippen molar-refractivity contribution < 1.29 is 0 Å². The van der Waals surface area contributed by atoms with Crippen molar-refractivity contribution in [3.8, 4) is 11.1 Å². The fraction of sp³-hybridized carbons (Fsp3) is 0.267. The molecule has 1 unspecified atom stereocenters. The van der Waals surface area contributed by atoms with Crippen molar-refractivity contribution in [3.63, 3.8) is 0 Å². The van der Waals surface area contributed by atoms with Crippen LogP contribution in [0.2, 0.25) is 0 Å². The molecule has 2 heterocycles. The fourth-order valence-electron chi connectivity index (χ4n) is 2.51. The van der Waals surface area contributed by atoms with Crippen LogP contribution in [0.15, 0.2) is 42.7 Å². The van der Waals surface area contributed by atoms with Crippen LogP contribution in [0.5, 0.6) is 0 Å². The Morgan fingerprint density at radius 2 is 2.00 bits per heavy atom. The molecule has 1 aliphatic rings. The second-order valence-corrected chi connectivity index (χ2v) is 4.67. The van der Waals surface area contributed by atoms with Gasteiger partial charge in [0.05, 0.1) is 0 Å². The molecule has 0 bridgehead atoms. The molecule has 0 saturated carbocycles. The van der Waals surface area contributed by atoms with Crippen LogP contribution >= 0.6 is 0 Å². The molecule has 1 atom stereocenters. The van der Waals surface area contributed by atoms with Gasteiger partial charge < -0.3 is 5.32 Å². The van der Waals surface area contributed by atoms with E-state index in [9.17, 15) is 0 Å². The van der Waals surface area contributed by atoms with Crippen LogP contribution < -0.4 is 5.32 Å². The van der Waals surface area contributed by atoms with Gasteiger partial charge in [0, 0.05) is 25.0 Å².